The number of aromatic nitrogens is 4. The first kappa shape index (κ1) is 17.5. The van der Waals surface area contributed by atoms with Crippen LogP contribution >= 0.6 is 0 Å². The largest absolute Gasteiger partial charge is 0.376 e. The van der Waals surface area contributed by atoms with Crippen LogP contribution in [-0.4, -0.2) is 51.5 Å². The SMILES string of the molecule is Cc1cc(NC(=O)C(C)OCC2CCCCO2)ccc1-n1cnnn1. The lowest BCUT2D eigenvalue weighted by molar-refractivity contribution is -0.130. The number of amides is 1. The molecule has 3 rings (SSSR count). The van der Waals surface area contributed by atoms with Gasteiger partial charge in [0.2, 0.25) is 0 Å². The highest BCUT2D eigenvalue weighted by Crippen LogP contribution is 2.18. The molecule has 25 heavy (non-hydrogen) atoms. The van der Waals surface area contributed by atoms with E-state index in [-0.39, 0.29) is 12.0 Å². The van der Waals surface area contributed by atoms with Gasteiger partial charge in [-0.25, -0.2) is 4.68 Å². The van der Waals surface area contributed by atoms with Gasteiger partial charge in [-0.05, 0) is 67.3 Å². The topological polar surface area (TPSA) is 91.2 Å². The third-order valence-corrected chi connectivity index (χ3v) is 4.24. The second-order valence-corrected chi connectivity index (χ2v) is 6.21. The van der Waals surface area contributed by atoms with Gasteiger partial charge < -0.3 is 14.8 Å². The minimum Gasteiger partial charge on any atom is -0.376 e. The average Bonchev–Trinajstić information content (AvgIpc) is 3.15. The minimum absolute atomic E-state index is 0.0989. The van der Waals surface area contributed by atoms with Crippen molar-refractivity contribution in [2.24, 2.45) is 0 Å². The summed E-state index contributed by atoms with van der Waals surface area (Å²) < 4.78 is 12.9. The van der Waals surface area contributed by atoms with E-state index >= 15 is 0 Å². The van der Waals surface area contributed by atoms with Crippen molar-refractivity contribution >= 4 is 11.6 Å². The molecule has 1 N–H and O–H groups in total. The molecule has 8 nitrogen and oxygen atoms in total. The zero-order valence-corrected chi connectivity index (χ0v) is 14.5. The molecule has 1 aliphatic heterocycles. The van der Waals surface area contributed by atoms with Gasteiger partial charge in [-0.15, -0.1) is 5.10 Å². The molecule has 0 saturated carbocycles. The molecule has 2 aromatic rings. The molecule has 1 fully saturated rings. The predicted octanol–water partition coefficient (Wildman–Crippen LogP) is 1.88. The van der Waals surface area contributed by atoms with E-state index in [1.807, 2.05) is 25.1 Å². The lowest BCUT2D eigenvalue weighted by atomic mass is 10.1. The van der Waals surface area contributed by atoms with Gasteiger partial charge in [-0.2, -0.15) is 0 Å². The van der Waals surface area contributed by atoms with Crippen molar-refractivity contribution in [1.82, 2.24) is 20.2 Å². The molecule has 0 bridgehead atoms. The van der Waals surface area contributed by atoms with Gasteiger partial charge in [0.15, 0.2) is 0 Å². The summed E-state index contributed by atoms with van der Waals surface area (Å²) in [5, 5.41) is 14.0. The van der Waals surface area contributed by atoms with Gasteiger partial charge >= 0.3 is 0 Å². The fourth-order valence-electron chi connectivity index (χ4n) is 2.77. The van der Waals surface area contributed by atoms with Gasteiger partial charge in [0.05, 0.1) is 18.4 Å². The van der Waals surface area contributed by atoms with Gasteiger partial charge in [0, 0.05) is 12.3 Å². The Bertz CT molecular complexity index is 698. The molecule has 1 saturated heterocycles. The lowest BCUT2D eigenvalue weighted by Gasteiger charge is -2.24. The highest BCUT2D eigenvalue weighted by molar-refractivity contribution is 5.94. The number of carbonyl (C=O) groups excluding carboxylic acids is 1. The summed E-state index contributed by atoms with van der Waals surface area (Å²) in [6.45, 7) is 4.92. The lowest BCUT2D eigenvalue weighted by Crippen LogP contribution is -2.32. The third kappa shape index (κ3) is 4.61. The Morgan fingerprint density at radius 2 is 2.36 bits per heavy atom. The Hall–Kier alpha value is -2.32. The smallest absolute Gasteiger partial charge is 0.253 e. The average molecular weight is 345 g/mol. The number of aryl methyl sites for hydroxylation is 1. The van der Waals surface area contributed by atoms with E-state index < -0.39 is 6.10 Å². The number of benzene rings is 1. The molecule has 0 spiro atoms. The van der Waals surface area contributed by atoms with Crippen LogP contribution in [-0.2, 0) is 14.3 Å². The number of nitrogens with zero attached hydrogens (tertiary/aromatic N) is 4. The summed E-state index contributed by atoms with van der Waals surface area (Å²) >= 11 is 0. The Morgan fingerprint density at radius 3 is 3.04 bits per heavy atom. The van der Waals surface area contributed by atoms with E-state index in [2.05, 4.69) is 20.8 Å². The quantitative estimate of drug-likeness (QED) is 0.859. The van der Waals surface area contributed by atoms with E-state index in [4.69, 9.17) is 9.47 Å². The summed E-state index contributed by atoms with van der Waals surface area (Å²) in [5.41, 5.74) is 2.53. The number of tetrazole rings is 1. The van der Waals surface area contributed by atoms with E-state index in [0.717, 1.165) is 37.1 Å². The zero-order valence-electron chi connectivity index (χ0n) is 14.5. The first-order chi connectivity index (χ1) is 12.1. The van der Waals surface area contributed by atoms with Crippen LogP contribution in [0.4, 0.5) is 5.69 Å². The number of carbonyl (C=O) groups is 1. The van der Waals surface area contributed by atoms with Gasteiger partial charge in [-0.1, -0.05) is 0 Å². The van der Waals surface area contributed by atoms with Crippen LogP contribution in [0, 0.1) is 6.92 Å². The molecule has 0 aliphatic carbocycles. The van der Waals surface area contributed by atoms with E-state index in [0.29, 0.717) is 12.3 Å². The first-order valence-electron chi connectivity index (χ1n) is 8.51. The van der Waals surface area contributed by atoms with Crippen LogP contribution in [0.15, 0.2) is 24.5 Å². The summed E-state index contributed by atoms with van der Waals surface area (Å²) in [4.78, 5) is 12.3. The molecule has 2 heterocycles. The molecule has 8 heteroatoms. The summed E-state index contributed by atoms with van der Waals surface area (Å²) in [6.07, 6.45) is 4.34. The fraction of sp³-hybridized carbons (Fsp3) is 0.529. The van der Waals surface area contributed by atoms with Crippen molar-refractivity contribution in [3.63, 3.8) is 0 Å². The monoisotopic (exact) mass is 345 g/mol. The Balaban J connectivity index is 1.54. The molecule has 1 aliphatic rings. The third-order valence-electron chi connectivity index (χ3n) is 4.24. The van der Waals surface area contributed by atoms with Crippen LogP contribution < -0.4 is 5.32 Å². The van der Waals surface area contributed by atoms with Crippen molar-refractivity contribution in [3.05, 3.63) is 30.1 Å². The Kier molecular flexibility index (Phi) is 5.72. The minimum atomic E-state index is -0.537. The maximum absolute atomic E-state index is 12.3. The van der Waals surface area contributed by atoms with Crippen molar-refractivity contribution < 1.29 is 14.3 Å². The van der Waals surface area contributed by atoms with Crippen molar-refractivity contribution in [2.75, 3.05) is 18.5 Å². The molecular weight excluding hydrogens is 322 g/mol. The Morgan fingerprint density at radius 1 is 1.48 bits per heavy atom. The highest BCUT2D eigenvalue weighted by atomic mass is 16.5. The maximum atomic E-state index is 12.3. The zero-order chi connectivity index (χ0) is 17.6. The number of nitrogens with one attached hydrogen (secondary N) is 1. The van der Waals surface area contributed by atoms with E-state index in [1.165, 1.54) is 6.33 Å². The molecule has 2 unspecified atom stereocenters. The molecule has 1 amide bonds. The van der Waals surface area contributed by atoms with Crippen LogP contribution in [0.3, 0.4) is 0 Å². The van der Waals surface area contributed by atoms with Gasteiger partial charge in [0.1, 0.15) is 12.4 Å². The molecule has 1 aromatic carbocycles. The molecule has 134 valence electrons. The van der Waals surface area contributed by atoms with Crippen molar-refractivity contribution in [1.29, 1.82) is 0 Å². The van der Waals surface area contributed by atoms with Crippen LogP contribution in [0.5, 0.6) is 0 Å². The standard InChI is InChI=1S/C17H23N5O3/c1-12-9-14(6-7-16(12)22-11-18-20-21-22)19-17(23)13(2)25-10-15-5-3-4-8-24-15/h6-7,9,11,13,15H,3-5,8,10H2,1-2H3,(H,19,23). The fourth-order valence-corrected chi connectivity index (χ4v) is 2.77. The van der Waals surface area contributed by atoms with Gasteiger partial charge in [0.25, 0.3) is 5.91 Å². The number of rotatable bonds is 6. The number of hydrogen-bond donors (Lipinski definition) is 1. The van der Waals surface area contributed by atoms with E-state index in [9.17, 15) is 4.79 Å². The highest BCUT2D eigenvalue weighted by Gasteiger charge is 2.19. The predicted molar refractivity (Wildman–Crippen MR) is 91.5 cm³/mol. The second kappa shape index (κ2) is 8.17. The summed E-state index contributed by atoms with van der Waals surface area (Å²) in [5.74, 6) is -0.176. The van der Waals surface area contributed by atoms with Crippen LogP contribution in [0.1, 0.15) is 31.7 Å². The number of anilines is 1. The molecule has 1 aromatic heterocycles. The number of hydrogen-bond acceptors (Lipinski definition) is 6. The summed E-state index contributed by atoms with van der Waals surface area (Å²) in [7, 11) is 0. The summed E-state index contributed by atoms with van der Waals surface area (Å²) in [6, 6.07) is 5.56. The van der Waals surface area contributed by atoms with Crippen LogP contribution in [0.25, 0.3) is 5.69 Å². The van der Waals surface area contributed by atoms with Gasteiger partial charge in [-0.3, -0.25) is 4.79 Å². The van der Waals surface area contributed by atoms with Crippen molar-refractivity contribution in [3.8, 4) is 5.69 Å². The Labute approximate surface area is 146 Å². The maximum Gasteiger partial charge on any atom is 0.253 e. The molecule has 0 radical (unpaired) electrons. The van der Waals surface area contributed by atoms with Crippen molar-refractivity contribution in [2.45, 2.75) is 45.3 Å². The molecular formula is C17H23N5O3. The first-order valence-corrected chi connectivity index (χ1v) is 8.51. The van der Waals surface area contributed by atoms with Crippen LogP contribution in [0.2, 0.25) is 0 Å². The second-order valence-electron chi connectivity index (χ2n) is 6.21. The molecule has 2 atom stereocenters. The number of ether oxygens (including phenoxy) is 2. The van der Waals surface area contributed by atoms with E-state index in [1.54, 1.807) is 11.6 Å². The normalized spacial score (nSPS) is 18.7.